The van der Waals surface area contributed by atoms with Crippen LogP contribution in [0.15, 0.2) is 28.5 Å². The quantitative estimate of drug-likeness (QED) is 0.814. The maximum Gasteiger partial charge on any atom is 0.337 e. The van der Waals surface area contributed by atoms with Crippen LogP contribution in [0, 0.1) is 0 Å². The Bertz CT molecular complexity index is 586. The number of rotatable bonds is 1. The van der Waals surface area contributed by atoms with E-state index in [9.17, 15) is 13.2 Å². The van der Waals surface area contributed by atoms with E-state index in [1.54, 1.807) is 0 Å². The topological polar surface area (TPSA) is 71.4 Å². The molecule has 0 atom stereocenters. The highest BCUT2D eigenvalue weighted by Crippen LogP contribution is 2.34. The Kier molecular flexibility index (Phi) is 2.09. The summed E-state index contributed by atoms with van der Waals surface area (Å²) in [4.78, 5) is 10.7. The number of carboxylic acid groups (broad SMARTS) is 1. The first-order chi connectivity index (χ1) is 6.92. The molecule has 0 saturated carbocycles. The van der Waals surface area contributed by atoms with Crippen molar-refractivity contribution in [3.05, 3.63) is 34.2 Å². The van der Waals surface area contributed by atoms with E-state index in [1.807, 2.05) is 0 Å². The number of sulfone groups is 1. The molecular formula is C9H5ClO4S. The van der Waals surface area contributed by atoms with Gasteiger partial charge in [-0.2, -0.15) is 0 Å². The van der Waals surface area contributed by atoms with Crippen LogP contribution >= 0.6 is 11.6 Å². The Morgan fingerprint density at radius 1 is 1.33 bits per heavy atom. The van der Waals surface area contributed by atoms with E-state index in [2.05, 4.69) is 0 Å². The van der Waals surface area contributed by atoms with Crippen LogP contribution in [0.4, 0.5) is 0 Å². The highest BCUT2D eigenvalue weighted by molar-refractivity contribution is 7.95. The predicted molar refractivity (Wildman–Crippen MR) is 54.3 cm³/mol. The van der Waals surface area contributed by atoms with Crippen molar-refractivity contribution in [2.75, 3.05) is 0 Å². The molecule has 0 aliphatic carbocycles. The smallest absolute Gasteiger partial charge is 0.337 e. The minimum absolute atomic E-state index is 0.0487. The van der Waals surface area contributed by atoms with Gasteiger partial charge in [-0.3, -0.25) is 0 Å². The average Bonchev–Trinajstić information content (AvgIpc) is 2.39. The predicted octanol–water partition coefficient (Wildman–Crippen LogP) is 1.55. The zero-order chi connectivity index (χ0) is 11.2. The van der Waals surface area contributed by atoms with Crippen molar-refractivity contribution in [2.24, 2.45) is 0 Å². The van der Waals surface area contributed by atoms with Gasteiger partial charge in [-0.25, -0.2) is 13.2 Å². The van der Waals surface area contributed by atoms with Crippen molar-refractivity contribution in [1.29, 1.82) is 0 Å². The van der Waals surface area contributed by atoms with E-state index in [4.69, 9.17) is 16.7 Å². The van der Waals surface area contributed by atoms with Gasteiger partial charge in [0, 0.05) is 10.6 Å². The van der Waals surface area contributed by atoms with E-state index in [0.717, 1.165) is 5.41 Å². The highest BCUT2D eigenvalue weighted by Gasteiger charge is 2.30. The molecule has 0 radical (unpaired) electrons. The Morgan fingerprint density at radius 2 is 2.00 bits per heavy atom. The second-order valence-electron chi connectivity index (χ2n) is 3.02. The number of hydrogen-bond acceptors (Lipinski definition) is 3. The van der Waals surface area contributed by atoms with Crippen molar-refractivity contribution in [2.45, 2.75) is 4.90 Å². The van der Waals surface area contributed by atoms with Crippen LogP contribution in [0.2, 0.25) is 5.02 Å². The molecule has 1 N–H and O–H groups in total. The average molecular weight is 245 g/mol. The summed E-state index contributed by atoms with van der Waals surface area (Å²) in [7, 11) is -3.65. The van der Waals surface area contributed by atoms with E-state index >= 15 is 0 Å². The number of carbonyl (C=O) groups is 1. The van der Waals surface area contributed by atoms with Crippen LogP contribution in [0.25, 0.3) is 5.57 Å². The molecular weight excluding hydrogens is 240 g/mol. The highest BCUT2D eigenvalue weighted by atomic mass is 35.5. The Labute approximate surface area is 90.7 Å². The van der Waals surface area contributed by atoms with Crippen LogP contribution in [0.1, 0.15) is 5.56 Å². The molecule has 15 heavy (non-hydrogen) atoms. The van der Waals surface area contributed by atoms with Crippen molar-refractivity contribution in [3.63, 3.8) is 0 Å². The summed E-state index contributed by atoms with van der Waals surface area (Å²) in [5, 5.41) is 9.80. The second-order valence-corrected chi connectivity index (χ2v) is 5.22. The lowest BCUT2D eigenvalue weighted by Gasteiger charge is -2.00. The van der Waals surface area contributed by atoms with Crippen molar-refractivity contribution >= 4 is 33.0 Å². The summed E-state index contributed by atoms with van der Waals surface area (Å²) in [5.74, 6) is -1.26. The molecule has 1 aromatic carbocycles. The first-order valence-corrected chi connectivity index (χ1v) is 5.84. The lowest BCUT2D eigenvalue weighted by atomic mass is 10.1. The Hall–Kier alpha value is -1.33. The fourth-order valence-electron chi connectivity index (χ4n) is 1.40. The molecule has 0 bridgehead atoms. The molecule has 78 valence electrons. The minimum atomic E-state index is -3.65. The van der Waals surface area contributed by atoms with Gasteiger partial charge in [0.2, 0.25) is 9.84 Å². The largest absolute Gasteiger partial charge is 0.478 e. The van der Waals surface area contributed by atoms with Gasteiger partial charge in [-0.1, -0.05) is 17.7 Å². The molecule has 0 spiro atoms. The first kappa shape index (κ1) is 10.2. The maximum atomic E-state index is 11.5. The van der Waals surface area contributed by atoms with Crippen molar-refractivity contribution < 1.29 is 18.3 Å². The number of aliphatic carboxylic acids is 1. The van der Waals surface area contributed by atoms with Gasteiger partial charge in [0.15, 0.2) is 0 Å². The summed E-state index contributed by atoms with van der Waals surface area (Å²) in [5.41, 5.74) is -0.0337. The molecule has 1 aliphatic heterocycles. The lowest BCUT2D eigenvalue weighted by molar-refractivity contribution is -0.130. The Morgan fingerprint density at radius 3 is 2.60 bits per heavy atom. The van der Waals surface area contributed by atoms with Crippen LogP contribution in [-0.4, -0.2) is 19.5 Å². The zero-order valence-electron chi connectivity index (χ0n) is 7.27. The number of halogens is 1. The molecule has 0 saturated heterocycles. The van der Waals surface area contributed by atoms with Crippen LogP contribution in [0.3, 0.4) is 0 Å². The van der Waals surface area contributed by atoms with Crippen molar-refractivity contribution in [1.82, 2.24) is 0 Å². The fourth-order valence-corrected chi connectivity index (χ4v) is 3.08. The molecule has 2 rings (SSSR count). The normalized spacial score (nSPS) is 17.0. The molecule has 0 amide bonds. The van der Waals surface area contributed by atoms with Gasteiger partial charge in [0.05, 0.1) is 15.9 Å². The van der Waals surface area contributed by atoms with E-state index in [0.29, 0.717) is 0 Å². The van der Waals surface area contributed by atoms with E-state index < -0.39 is 15.8 Å². The molecule has 0 fully saturated rings. The minimum Gasteiger partial charge on any atom is -0.478 e. The maximum absolute atomic E-state index is 11.5. The van der Waals surface area contributed by atoms with Crippen LogP contribution in [0.5, 0.6) is 0 Å². The molecule has 1 aliphatic rings. The summed E-state index contributed by atoms with van der Waals surface area (Å²) in [6, 6.07) is 4.10. The number of benzene rings is 1. The molecule has 0 unspecified atom stereocenters. The summed E-state index contributed by atoms with van der Waals surface area (Å²) < 4.78 is 23.0. The Balaban J connectivity index is 2.79. The number of carboxylic acids is 1. The first-order valence-electron chi connectivity index (χ1n) is 3.92. The van der Waals surface area contributed by atoms with E-state index in [-0.39, 0.29) is 21.1 Å². The summed E-state index contributed by atoms with van der Waals surface area (Å²) in [6.45, 7) is 0. The third-order valence-electron chi connectivity index (χ3n) is 2.04. The molecule has 1 heterocycles. The van der Waals surface area contributed by atoms with Gasteiger partial charge in [0.25, 0.3) is 0 Å². The summed E-state index contributed by atoms with van der Waals surface area (Å²) in [6.07, 6.45) is 0. The van der Waals surface area contributed by atoms with Crippen LogP contribution < -0.4 is 0 Å². The molecule has 6 heteroatoms. The van der Waals surface area contributed by atoms with Gasteiger partial charge in [-0.05, 0) is 12.1 Å². The molecule has 4 nitrogen and oxygen atoms in total. The summed E-state index contributed by atoms with van der Waals surface area (Å²) >= 11 is 5.64. The third-order valence-corrected chi connectivity index (χ3v) is 3.78. The molecule has 0 aromatic heterocycles. The second kappa shape index (κ2) is 3.08. The van der Waals surface area contributed by atoms with Gasteiger partial charge >= 0.3 is 5.97 Å². The third kappa shape index (κ3) is 1.53. The molecule has 1 aromatic rings. The van der Waals surface area contributed by atoms with Gasteiger partial charge < -0.3 is 5.11 Å². The van der Waals surface area contributed by atoms with Gasteiger partial charge in [0.1, 0.15) is 0 Å². The van der Waals surface area contributed by atoms with Crippen LogP contribution in [-0.2, 0) is 14.6 Å². The van der Waals surface area contributed by atoms with Crippen molar-refractivity contribution in [3.8, 4) is 0 Å². The number of hydrogen-bond donors (Lipinski definition) is 1. The SMILES string of the molecule is O=C(O)C1=CS(=O)(=O)c2cc(Cl)ccc21. The monoisotopic (exact) mass is 244 g/mol. The lowest BCUT2D eigenvalue weighted by Crippen LogP contribution is -1.97. The van der Waals surface area contributed by atoms with E-state index in [1.165, 1.54) is 18.2 Å². The number of fused-ring (bicyclic) bond motifs is 1. The fraction of sp³-hybridized carbons (Fsp3) is 0. The zero-order valence-corrected chi connectivity index (χ0v) is 8.84. The standard InChI is InChI=1S/C9H5ClO4S/c10-5-1-2-6-7(9(11)12)4-15(13,14)8(6)3-5/h1-4H,(H,11,12). The van der Waals surface area contributed by atoms with Gasteiger partial charge in [-0.15, -0.1) is 0 Å².